The van der Waals surface area contributed by atoms with Gasteiger partial charge in [0.15, 0.2) is 12.4 Å². The number of Topliss-reactive ketones (excluding diaryl/α,β-unsaturated/α-hetero) is 1. The summed E-state index contributed by atoms with van der Waals surface area (Å²) < 4.78 is 43.0. The molecule has 0 unspecified atom stereocenters. The average molecular weight is 294 g/mol. The monoisotopic (exact) mass is 294 g/mol. The molecule has 0 saturated heterocycles. The Kier molecular flexibility index (Phi) is 4.31. The number of alkyl halides is 3. The zero-order valence-corrected chi connectivity index (χ0v) is 11.3. The molecule has 0 amide bonds. The standard InChI is InChI=1S/C16H13F3O2/c1-11-9-12(16(17,18)19)7-8-14(11)15(20)10-21-13-5-3-2-4-6-13/h2-9H,10H2,1H3. The van der Waals surface area contributed by atoms with Gasteiger partial charge in [0.1, 0.15) is 5.75 Å². The highest BCUT2D eigenvalue weighted by molar-refractivity contribution is 5.98. The quantitative estimate of drug-likeness (QED) is 0.787. The lowest BCUT2D eigenvalue weighted by molar-refractivity contribution is -0.137. The molecule has 2 aromatic rings. The summed E-state index contributed by atoms with van der Waals surface area (Å²) in [6.45, 7) is 1.27. The number of carbonyl (C=O) groups is 1. The van der Waals surface area contributed by atoms with Gasteiger partial charge < -0.3 is 4.74 Å². The van der Waals surface area contributed by atoms with Crippen LogP contribution in [0.5, 0.6) is 5.75 Å². The van der Waals surface area contributed by atoms with Gasteiger partial charge in [-0.05, 0) is 36.8 Å². The fourth-order valence-corrected chi connectivity index (χ4v) is 1.90. The van der Waals surface area contributed by atoms with Crippen LogP contribution in [0.15, 0.2) is 48.5 Å². The highest BCUT2D eigenvalue weighted by atomic mass is 19.4. The Bertz CT molecular complexity index is 634. The zero-order chi connectivity index (χ0) is 15.5. The van der Waals surface area contributed by atoms with Gasteiger partial charge in [0, 0.05) is 5.56 Å². The second kappa shape index (κ2) is 5.99. The fourth-order valence-electron chi connectivity index (χ4n) is 1.90. The van der Waals surface area contributed by atoms with Gasteiger partial charge in [-0.15, -0.1) is 0 Å². The summed E-state index contributed by atoms with van der Waals surface area (Å²) in [6.07, 6.45) is -4.41. The molecule has 21 heavy (non-hydrogen) atoms. The number of hydrogen-bond acceptors (Lipinski definition) is 2. The van der Waals surface area contributed by atoms with E-state index in [9.17, 15) is 18.0 Å². The van der Waals surface area contributed by atoms with Crippen molar-refractivity contribution in [3.63, 3.8) is 0 Å². The van der Waals surface area contributed by atoms with Gasteiger partial charge in [-0.25, -0.2) is 0 Å². The van der Waals surface area contributed by atoms with Gasteiger partial charge in [0.05, 0.1) is 5.56 Å². The van der Waals surface area contributed by atoms with Gasteiger partial charge in [0.2, 0.25) is 0 Å². The molecule has 0 atom stereocenters. The van der Waals surface area contributed by atoms with Crippen LogP contribution in [-0.2, 0) is 6.18 Å². The summed E-state index contributed by atoms with van der Waals surface area (Å²) in [5.41, 5.74) is -0.244. The predicted molar refractivity (Wildman–Crippen MR) is 72.4 cm³/mol. The molecule has 0 aliphatic rings. The van der Waals surface area contributed by atoms with Crippen LogP contribution in [0.25, 0.3) is 0 Å². The molecule has 0 aromatic heterocycles. The molecular formula is C16H13F3O2. The molecule has 0 bridgehead atoms. The molecule has 2 nitrogen and oxygen atoms in total. The first-order valence-electron chi connectivity index (χ1n) is 6.27. The number of para-hydroxylation sites is 1. The molecule has 0 heterocycles. The van der Waals surface area contributed by atoms with Crippen LogP contribution < -0.4 is 4.74 Å². The van der Waals surface area contributed by atoms with E-state index in [2.05, 4.69) is 0 Å². The Morgan fingerprint density at radius 2 is 1.76 bits per heavy atom. The fraction of sp³-hybridized carbons (Fsp3) is 0.188. The number of carbonyl (C=O) groups excluding carboxylic acids is 1. The van der Waals surface area contributed by atoms with E-state index in [0.29, 0.717) is 5.75 Å². The van der Waals surface area contributed by atoms with Crippen molar-refractivity contribution < 1.29 is 22.7 Å². The average Bonchev–Trinajstić information content (AvgIpc) is 2.45. The normalized spacial score (nSPS) is 11.2. The molecule has 2 rings (SSSR count). The molecule has 0 saturated carbocycles. The third kappa shape index (κ3) is 3.84. The van der Waals surface area contributed by atoms with Crippen molar-refractivity contribution in [2.75, 3.05) is 6.61 Å². The minimum absolute atomic E-state index is 0.212. The smallest absolute Gasteiger partial charge is 0.416 e. The minimum Gasteiger partial charge on any atom is -0.485 e. The number of hydrogen-bond donors (Lipinski definition) is 0. The largest absolute Gasteiger partial charge is 0.485 e. The SMILES string of the molecule is Cc1cc(C(F)(F)F)ccc1C(=O)COc1ccccc1. The van der Waals surface area contributed by atoms with Crippen LogP contribution >= 0.6 is 0 Å². The van der Waals surface area contributed by atoms with Crippen molar-refractivity contribution in [1.29, 1.82) is 0 Å². The predicted octanol–water partition coefficient (Wildman–Crippen LogP) is 4.28. The van der Waals surface area contributed by atoms with E-state index in [1.807, 2.05) is 6.07 Å². The number of benzene rings is 2. The lowest BCUT2D eigenvalue weighted by Crippen LogP contribution is -2.14. The number of rotatable bonds is 4. The van der Waals surface area contributed by atoms with Gasteiger partial charge in [0.25, 0.3) is 0 Å². The number of ether oxygens (including phenoxy) is 1. The first-order valence-corrected chi connectivity index (χ1v) is 6.27. The van der Waals surface area contributed by atoms with Crippen molar-refractivity contribution in [3.8, 4) is 5.75 Å². The van der Waals surface area contributed by atoms with E-state index in [0.717, 1.165) is 12.1 Å². The van der Waals surface area contributed by atoms with E-state index < -0.39 is 11.7 Å². The molecule has 0 radical (unpaired) electrons. The van der Waals surface area contributed by atoms with Crippen molar-refractivity contribution in [2.45, 2.75) is 13.1 Å². The second-order valence-corrected chi connectivity index (χ2v) is 4.55. The van der Waals surface area contributed by atoms with Crippen molar-refractivity contribution in [3.05, 3.63) is 65.2 Å². The maximum Gasteiger partial charge on any atom is 0.416 e. The van der Waals surface area contributed by atoms with Crippen LogP contribution in [0.1, 0.15) is 21.5 Å². The lowest BCUT2D eigenvalue weighted by Gasteiger charge is -2.11. The topological polar surface area (TPSA) is 26.3 Å². The third-order valence-electron chi connectivity index (χ3n) is 2.97. The maximum absolute atomic E-state index is 12.6. The summed E-state index contributed by atoms with van der Waals surface area (Å²) >= 11 is 0. The van der Waals surface area contributed by atoms with E-state index in [4.69, 9.17) is 4.74 Å². The van der Waals surface area contributed by atoms with Crippen LogP contribution in [0.3, 0.4) is 0 Å². The second-order valence-electron chi connectivity index (χ2n) is 4.55. The van der Waals surface area contributed by atoms with Gasteiger partial charge in [-0.2, -0.15) is 13.2 Å². The Hall–Kier alpha value is -2.30. The first kappa shape index (κ1) is 15.1. The van der Waals surface area contributed by atoms with Crippen LogP contribution in [0, 0.1) is 6.92 Å². The lowest BCUT2D eigenvalue weighted by atomic mass is 10.0. The molecule has 0 aliphatic heterocycles. The number of halogens is 3. The molecule has 2 aromatic carbocycles. The minimum atomic E-state index is -4.41. The molecular weight excluding hydrogens is 281 g/mol. The number of aryl methyl sites for hydroxylation is 1. The molecule has 0 spiro atoms. The summed E-state index contributed by atoms with van der Waals surface area (Å²) in [5.74, 6) is 0.181. The Balaban J connectivity index is 2.09. The third-order valence-corrected chi connectivity index (χ3v) is 2.97. The maximum atomic E-state index is 12.6. The highest BCUT2D eigenvalue weighted by Crippen LogP contribution is 2.30. The Labute approximate surface area is 120 Å². The van der Waals surface area contributed by atoms with E-state index in [1.54, 1.807) is 24.3 Å². The Morgan fingerprint density at radius 3 is 2.33 bits per heavy atom. The summed E-state index contributed by atoms with van der Waals surface area (Å²) in [5, 5.41) is 0. The molecule has 0 aliphatic carbocycles. The van der Waals surface area contributed by atoms with Crippen molar-refractivity contribution >= 4 is 5.78 Å². The first-order chi connectivity index (χ1) is 9.88. The van der Waals surface area contributed by atoms with Crippen molar-refractivity contribution in [2.24, 2.45) is 0 Å². The van der Waals surface area contributed by atoms with E-state index in [-0.39, 0.29) is 23.5 Å². The zero-order valence-electron chi connectivity index (χ0n) is 11.3. The van der Waals surface area contributed by atoms with Crippen molar-refractivity contribution in [1.82, 2.24) is 0 Å². The number of ketones is 1. The van der Waals surface area contributed by atoms with Gasteiger partial charge in [-0.3, -0.25) is 4.79 Å². The van der Waals surface area contributed by atoms with E-state index in [1.165, 1.54) is 13.0 Å². The summed E-state index contributed by atoms with van der Waals surface area (Å²) in [6, 6.07) is 11.8. The Morgan fingerprint density at radius 1 is 1.10 bits per heavy atom. The van der Waals surface area contributed by atoms with Crippen LogP contribution in [0.4, 0.5) is 13.2 Å². The highest BCUT2D eigenvalue weighted by Gasteiger charge is 2.31. The van der Waals surface area contributed by atoms with Crippen LogP contribution in [0.2, 0.25) is 0 Å². The van der Waals surface area contributed by atoms with Crippen LogP contribution in [-0.4, -0.2) is 12.4 Å². The molecule has 0 N–H and O–H groups in total. The summed E-state index contributed by atoms with van der Waals surface area (Å²) in [7, 11) is 0. The van der Waals surface area contributed by atoms with Gasteiger partial charge in [-0.1, -0.05) is 24.3 Å². The van der Waals surface area contributed by atoms with Gasteiger partial charge >= 0.3 is 6.18 Å². The summed E-state index contributed by atoms with van der Waals surface area (Å²) in [4.78, 5) is 12.0. The molecule has 5 heteroatoms. The molecule has 0 fully saturated rings. The molecule has 110 valence electrons. The van der Waals surface area contributed by atoms with E-state index >= 15 is 0 Å².